The molecule has 1 fully saturated rings. The molecule has 1 aliphatic rings. The third-order valence-corrected chi connectivity index (χ3v) is 4.87. The number of aliphatic hydroxyl groups excluding tert-OH is 2. The summed E-state index contributed by atoms with van der Waals surface area (Å²) in [5, 5.41) is 29.2. The molecular formula is C19H25ClFN3O4. The van der Waals surface area contributed by atoms with Gasteiger partial charge in [0.1, 0.15) is 23.1 Å². The molecule has 0 aliphatic carbocycles. The summed E-state index contributed by atoms with van der Waals surface area (Å²) in [5.41, 5.74) is -0.686. The minimum atomic E-state index is -1.08. The van der Waals surface area contributed by atoms with Gasteiger partial charge in [0.15, 0.2) is 0 Å². The van der Waals surface area contributed by atoms with Crippen molar-refractivity contribution in [2.45, 2.75) is 38.5 Å². The van der Waals surface area contributed by atoms with Crippen LogP contribution in [0.25, 0.3) is 0 Å². The molecule has 1 aliphatic heterocycles. The molecule has 1 aromatic rings. The molecule has 9 heteroatoms. The van der Waals surface area contributed by atoms with Crippen LogP contribution in [0, 0.1) is 17.1 Å². The lowest BCUT2D eigenvalue weighted by Gasteiger charge is -2.41. The molecule has 2 rings (SSSR count). The van der Waals surface area contributed by atoms with Crippen LogP contribution in [0.2, 0.25) is 5.02 Å². The maximum absolute atomic E-state index is 13.6. The van der Waals surface area contributed by atoms with Gasteiger partial charge in [0.05, 0.1) is 23.8 Å². The lowest BCUT2D eigenvalue weighted by atomic mass is 10.0. The Morgan fingerprint density at radius 2 is 2.14 bits per heavy atom. The smallest absolute Gasteiger partial charge is 0.410 e. The van der Waals surface area contributed by atoms with Gasteiger partial charge in [0.2, 0.25) is 0 Å². The molecule has 0 aromatic heterocycles. The van der Waals surface area contributed by atoms with Gasteiger partial charge in [-0.25, -0.2) is 9.18 Å². The van der Waals surface area contributed by atoms with Gasteiger partial charge in [0, 0.05) is 31.7 Å². The average Bonchev–Trinajstić information content (AvgIpc) is 2.60. The van der Waals surface area contributed by atoms with Gasteiger partial charge >= 0.3 is 6.09 Å². The summed E-state index contributed by atoms with van der Waals surface area (Å²) in [7, 11) is 0. The van der Waals surface area contributed by atoms with Crippen LogP contribution in [0.4, 0.5) is 9.18 Å². The number of hydrogen-bond donors (Lipinski definition) is 2. The Balaban J connectivity index is 2.07. The van der Waals surface area contributed by atoms with Crippen LogP contribution in [0.3, 0.4) is 0 Å². The summed E-state index contributed by atoms with van der Waals surface area (Å²) in [6.45, 7) is 6.27. The van der Waals surface area contributed by atoms with E-state index in [-0.39, 0.29) is 35.8 Å². The predicted octanol–water partition coefficient (Wildman–Crippen LogP) is 2.30. The highest BCUT2D eigenvalue weighted by molar-refractivity contribution is 6.32. The first kappa shape index (κ1) is 22.4. The minimum absolute atomic E-state index is 0.115. The summed E-state index contributed by atoms with van der Waals surface area (Å²) < 4.78 is 19.0. The number of hydrogen-bond acceptors (Lipinski definition) is 6. The van der Waals surface area contributed by atoms with E-state index < -0.39 is 29.7 Å². The molecule has 2 unspecified atom stereocenters. The Hall–Kier alpha value is -1.92. The van der Waals surface area contributed by atoms with Crippen molar-refractivity contribution in [3.8, 4) is 6.07 Å². The number of carbonyl (C=O) groups excluding carboxylic acids is 1. The van der Waals surface area contributed by atoms with E-state index in [2.05, 4.69) is 0 Å². The summed E-state index contributed by atoms with van der Waals surface area (Å²) in [6, 6.07) is 3.72. The second-order valence-corrected chi connectivity index (χ2v) is 8.09. The lowest BCUT2D eigenvalue weighted by molar-refractivity contribution is -0.0147. The third kappa shape index (κ3) is 5.32. The number of β-amino-alcohol motifs (C(OH)–C–C–N with tert-alkyl or cyclic N) is 1. The maximum Gasteiger partial charge on any atom is 0.410 e. The fourth-order valence-corrected chi connectivity index (χ4v) is 3.37. The zero-order valence-corrected chi connectivity index (χ0v) is 16.9. The molecule has 1 amide bonds. The molecule has 154 valence electrons. The number of amides is 1. The van der Waals surface area contributed by atoms with E-state index in [0.29, 0.717) is 13.1 Å². The van der Waals surface area contributed by atoms with E-state index in [1.807, 2.05) is 4.90 Å². The maximum atomic E-state index is 13.6. The van der Waals surface area contributed by atoms with Crippen molar-refractivity contribution in [2.75, 3.05) is 32.8 Å². The van der Waals surface area contributed by atoms with Crippen molar-refractivity contribution >= 4 is 17.7 Å². The normalized spacial score (nSPS) is 19.2. The largest absolute Gasteiger partial charge is 0.444 e. The van der Waals surface area contributed by atoms with E-state index in [4.69, 9.17) is 21.6 Å². The van der Waals surface area contributed by atoms with Crippen molar-refractivity contribution in [1.29, 1.82) is 5.26 Å². The molecule has 1 aromatic carbocycles. The third-order valence-electron chi connectivity index (χ3n) is 4.47. The molecule has 0 bridgehead atoms. The van der Waals surface area contributed by atoms with Gasteiger partial charge in [-0.3, -0.25) is 4.90 Å². The van der Waals surface area contributed by atoms with Crippen molar-refractivity contribution < 1.29 is 24.1 Å². The second-order valence-electron chi connectivity index (χ2n) is 7.71. The summed E-state index contributed by atoms with van der Waals surface area (Å²) in [4.78, 5) is 15.6. The first-order chi connectivity index (χ1) is 13.1. The number of nitrogens with zero attached hydrogens (tertiary/aromatic N) is 3. The van der Waals surface area contributed by atoms with Gasteiger partial charge < -0.3 is 19.8 Å². The van der Waals surface area contributed by atoms with E-state index in [1.54, 1.807) is 26.8 Å². The first-order valence-electron chi connectivity index (χ1n) is 8.96. The minimum Gasteiger partial charge on any atom is -0.444 e. The Morgan fingerprint density at radius 3 is 2.71 bits per heavy atom. The highest BCUT2D eigenvalue weighted by atomic mass is 35.5. The SMILES string of the molecule is CC(C)(C)OC(=O)N1CCN(CC(O)c2ccc(F)c(C#N)c2Cl)C(CO)C1. The second kappa shape index (κ2) is 9.05. The average molecular weight is 414 g/mol. The van der Waals surface area contributed by atoms with E-state index in [0.717, 1.165) is 6.07 Å². The summed E-state index contributed by atoms with van der Waals surface area (Å²) in [5.74, 6) is -0.748. The van der Waals surface area contributed by atoms with E-state index >= 15 is 0 Å². The molecular weight excluding hydrogens is 389 g/mol. The fraction of sp³-hybridized carbons (Fsp3) is 0.579. The molecule has 28 heavy (non-hydrogen) atoms. The number of aliphatic hydroxyl groups is 2. The Bertz CT molecular complexity index is 763. The molecule has 0 saturated carbocycles. The molecule has 2 atom stereocenters. The van der Waals surface area contributed by atoms with E-state index in [9.17, 15) is 19.4 Å². The van der Waals surface area contributed by atoms with E-state index in [1.165, 1.54) is 11.0 Å². The van der Waals surface area contributed by atoms with Crippen LogP contribution in [0.5, 0.6) is 0 Å². The number of carbonyl (C=O) groups is 1. The number of nitriles is 1. The van der Waals surface area contributed by atoms with Gasteiger partial charge in [-0.05, 0) is 26.8 Å². The molecule has 2 N–H and O–H groups in total. The van der Waals surface area contributed by atoms with Gasteiger partial charge in [-0.2, -0.15) is 5.26 Å². The fourth-order valence-electron chi connectivity index (χ4n) is 3.05. The number of rotatable bonds is 4. The van der Waals surface area contributed by atoms with Crippen LogP contribution < -0.4 is 0 Å². The lowest BCUT2D eigenvalue weighted by Crippen LogP contribution is -2.57. The van der Waals surface area contributed by atoms with Gasteiger partial charge in [-0.15, -0.1) is 0 Å². The zero-order chi connectivity index (χ0) is 21.1. The van der Waals surface area contributed by atoms with Crippen molar-refractivity contribution in [3.63, 3.8) is 0 Å². The van der Waals surface area contributed by atoms with Crippen LogP contribution in [0.15, 0.2) is 12.1 Å². The van der Waals surface area contributed by atoms with Gasteiger partial charge in [-0.1, -0.05) is 17.7 Å². The van der Waals surface area contributed by atoms with Crippen molar-refractivity contribution in [2.24, 2.45) is 0 Å². The first-order valence-corrected chi connectivity index (χ1v) is 9.34. The van der Waals surface area contributed by atoms with Crippen LogP contribution in [-0.4, -0.2) is 70.5 Å². The van der Waals surface area contributed by atoms with Crippen LogP contribution >= 0.6 is 11.6 Å². The Morgan fingerprint density at radius 1 is 1.46 bits per heavy atom. The number of ether oxygens (including phenoxy) is 1. The molecule has 1 heterocycles. The topological polar surface area (TPSA) is 97.0 Å². The predicted molar refractivity (Wildman–Crippen MR) is 101 cm³/mol. The highest BCUT2D eigenvalue weighted by Gasteiger charge is 2.33. The molecule has 0 spiro atoms. The summed E-state index contributed by atoms with van der Waals surface area (Å²) in [6.07, 6.45) is -1.53. The highest BCUT2D eigenvalue weighted by Crippen LogP contribution is 2.29. The molecule has 1 saturated heterocycles. The molecule has 0 radical (unpaired) electrons. The van der Waals surface area contributed by atoms with Crippen LogP contribution in [-0.2, 0) is 4.74 Å². The number of benzene rings is 1. The van der Waals surface area contributed by atoms with Crippen molar-refractivity contribution in [1.82, 2.24) is 9.80 Å². The quantitative estimate of drug-likeness (QED) is 0.786. The van der Waals surface area contributed by atoms with Crippen LogP contribution in [0.1, 0.15) is 38.0 Å². The Labute approximate surface area is 168 Å². The standard InChI is InChI=1S/C19H25ClFN3O4/c1-19(2,3)28-18(27)24-7-6-23(12(9-24)11-25)10-16(26)13-4-5-15(21)14(8-22)17(13)20/h4-5,12,16,25-26H,6-7,9-11H2,1-3H3. The summed E-state index contributed by atoms with van der Waals surface area (Å²) >= 11 is 6.06. The van der Waals surface area contributed by atoms with Gasteiger partial charge in [0.25, 0.3) is 0 Å². The molecule has 7 nitrogen and oxygen atoms in total. The monoisotopic (exact) mass is 413 g/mol. The Kier molecular flexibility index (Phi) is 7.23. The number of piperazine rings is 1. The van der Waals surface area contributed by atoms with Crippen molar-refractivity contribution in [3.05, 3.63) is 34.1 Å². The zero-order valence-electron chi connectivity index (χ0n) is 16.2. The number of halogens is 2.